The third-order valence-corrected chi connectivity index (χ3v) is 3.19. The molecule has 0 aliphatic rings. The molecule has 7 nitrogen and oxygen atoms in total. The first kappa shape index (κ1) is 15.7. The van der Waals surface area contributed by atoms with Crippen LogP contribution in [0.5, 0.6) is 0 Å². The maximum Gasteiger partial charge on any atom is 0.328 e. The van der Waals surface area contributed by atoms with E-state index in [0.29, 0.717) is 12.1 Å². The summed E-state index contributed by atoms with van der Waals surface area (Å²) in [7, 11) is 0. The fraction of sp³-hybridized carbons (Fsp3) is 0.333. The van der Waals surface area contributed by atoms with Crippen molar-refractivity contribution in [1.82, 2.24) is 19.9 Å². The zero-order chi connectivity index (χ0) is 15.9. The van der Waals surface area contributed by atoms with E-state index in [4.69, 9.17) is 0 Å². The number of nitrogens with one attached hydrogen (secondary N) is 2. The first-order valence-corrected chi connectivity index (χ1v) is 7.02. The molecule has 0 aliphatic carbocycles. The van der Waals surface area contributed by atoms with E-state index in [9.17, 15) is 14.4 Å². The van der Waals surface area contributed by atoms with Crippen molar-refractivity contribution >= 4 is 5.91 Å². The second-order valence-corrected chi connectivity index (χ2v) is 5.01. The standard InChI is InChI=1S/C15H18N4O3/c1-11-9-19(15(22)18-14(11)21)10-13(20)17-7-3-5-12-4-2-6-16-8-12/h2,4,6,8-9H,3,5,7,10H2,1H3,(H,17,20)(H,18,21,22). The molecule has 1 amide bonds. The summed E-state index contributed by atoms with van der Waals surface area (Å²) in [6.07, 6.45) is 6.51. The molecule has 0 bridgehead atoms. The van der Waals surface area contributed by atoms with E-state index in [1.54, 1.807) is 19.3 Å². The van der Waals surface area contributed by atoms with Crippen LogP contribution in [0.3, 0.4) is 0 Å². The molecule has 0 saturated carbocycles. The van der Waals surface area contributed by atoms with E-state index in [1.807, 2.05) is 12.1 Å². The maximum absolute atomic E-state index is 11.8. The summed E-state index contributed by atoms with van der Waals surface area (Å²) < 4.78 is 1.19. The van der Waals surface area contributed by atoms with Crippen molar-refractivity contribution < 1.29 is 4.79 Å². The smallest absolute Gasteiger partial charge is 0.328 e. The van der Waals surface area contributed by atoms with Gasteiger partial charge in [0, 0.05) is 30.7 Å². The van der Waals surface area contributed by atoms with Gasteiger partial charge in [-0.2, -0.15) is 0 Å². The van der Waals surface area contributed by atoms with Crippen molar-refractivity contribution in [1.29, 1.82) is 0 Å². The summed E-state index contributed by atoms with van der Waals surface area (Å²) in [4.78, 5) is 40.8. The summed E-state index contributed by atoms with van der Waals surface area (Å²) in [6, 6.07) is 3.86. The van der Waals surface area contributed by atoms with Gasteiger partial charge in [-0.1, -0.05) is 6.07 Å². The van der Waals surface area contributed by atoms with Gasteiger partial charge in [0.15, 0.2) is 0 Å². The zero-order valence-electron chi connectivity index (χ0n) is 12.3. The minimum atomic E-state index is -0.582. The maximum atomic E-state index is 11.8. The number of amides is 1. The number of hydrogen-bond acceptors (Lipinski definition) is 4. The average Bonchev–Trinajstić information content (AvgIpc) is 2.50. The third kappa shape index (κ3) is 4.41. The molecule has 0 unspecified atom stereocenters. The Morgan fingerprint density at radius 1 is 1.41 bits per heavy atom. The molecule has 2 heterocycles. The number of carbonyl (C=O) groups is 1. The molecule has 0 aromatic carbocycles. The van der Waals surface area contributed by atoms with Crippen LogP contribution in [0, 0.1) is 6.92 Å². The Balaban J connectivity index is 1.80. The van der Waals surface area contributed by atoms with Crippen LogP contribution in [0.4, 0.5) is 0 Å². The highest BCUT2D eigenvalue weighted by Gasteiger charge is 2.06. The van der Waals surface area contributed by atoms with Gasteiger partial charge in [-0.15, -0.1) is 0 Å². The lowest BCUT2D eigenvalue weighted by molar-refractivity contribution is -0.121. The molecular formula is C15H18N4O3. The van der Waals surface area contributed by atoms with Crippen LogP contribution in [0.2, 0.25) is 0 Å². The number of H-pyrrole nitrogens is 1. The highest BCUT2D eigenvalue weighted by atomic mass is 16.2. The van der Waals surface area contributed by atoms with Crippen molar-refractivity contribution in [2.24, 2.45) is 0 Å². The van der Waals surface area contributed by atoms with Crippen LogP contribution in [0.15, 0.2) is 40.3 Å². The molecule has 0 aliphatic heterocycles. The highest BCUT2D eigenvalue weighted by molar-refractivity contribution is 5.75. The molecule has 116 valence electrons. The summed E-state index contributed by atoms with van der Waals surface area (Å²) in [5, 5.41) is 2.75. The molecule has 2 aromatic rings. The van der Waals surface area contributed by atoms with Gasteiger partial charge < -0.3 is 5.32 Å². The second-order valence-electron chi connectivity index (χ2n) is 5.01. The number of nitrogens with zero attached hydrogens (tertiary/aromatic N) is 2. The lowest BCUT2D eigenvalue weighted by atomic mass is 10.1. The number of aromatic amines is 1. The Morgan fingerprint density at radius 3 is 2.95 bits per heavy atom. The molecule has 22 heavy (non-hydrogen) atoms. The summed E-state index contributed by atoms with van der Waals surface area (Å²) in [6.45, 7) is 1.99. The summed E-state index contributed by atoms with van der Waals surface area (Å²) in [5.41, 5.74) is 0.493. The molecule has 0 fully saturated rings. The molecular weight excluding hydrogens is 284 g/mol. The molecule has 0 spiro atoms. The fourth-order valence-electron chi connectivity index (χ4n) is 2.01. The molecule has 2 aromatic heterocycles. The van der Waals surface area contributed by atoms with Crippen molar-refractivity contribution in [3.05, 3.63) is 62.7 Å². The minimum Gasteiger partial charge on any atom is -0.355 e. The molecule has 0 radical (unpaired) electrons. The zero-order valence-corrected chi connectivity index (χ0v) is 12.3. The number of aryl methyl sites for hydroxylation is 2. The number of aromatic nitrogens is 3. The van der Waals surface area contributed by atoms with Gasteiger partial charge >= 0.3 is 5.69 Å². The Kier molecular flexibility index (Phi) is 5.24. The molecule has 0 atom stereocenters. The Labute approximate surface area is 127 Å². The molecule has 2 rings (SSSR count). The van der Waals surface area contributed by atoms with E-state index in [-0.39, 0.29) is 12.5 Å². The predicted molar refractivity (Wildman–Crippen MR) is 81.6 cm³/mol. The van der Waals surface area contributed by atoms with E-state index in [2.05, 4.69) is 15.3 Å². The lowest BCUT2D eigenvalue weighted by Crippen LogP contribution is -2.36. The first-order valence-electron chi connectivity index (χ1n) is 7.02. The molecule has 0 saturated heterocycles. The van der Waals surface area contributed by atoms with Gasteiger partial charge in [0.1, 0.15) is 6.54 Å². The molecule has 7 heteroatoms. The van der Waals surface area contributed by atoms with Crippen LogP contribution in [-0.4, -0.2) is 27.0 Å². The largest absolute Gasteiger partial charge is 0.355 e. The van der Waals surface area contributed by atoms with Crippen molar-refractivity contribution in [2.45, 2.75) is 26.3 Å². The quantitative estimate of drug-likeness (QED) is 0.733. The second kappa shape index (κ2) is 7.35. The van der Waals surface area contributed by atoms with Gasteiger partial charge in [-0.25, -0.2) is 4.79 Å². The lowest BCUT2D eigenvalue weighted by Gasteiger charge is -2.07. The number of carbonyl (C=O) groups excluding carboxylic acids is 1. The summed E-state index contributed by atoms with van der Waals surface area (Å²) >= 11 is 0. The molecule has 2 N–H and O–H groups in total. The van der Waals surface area contributed by atoms with Crippen LogP contribution in [0.1, 0.15) is 17.5 Å². The topological polar surface area (TPSA) is 96.8 Å². The van der Waals surface area contributed by atoms with Gasteiger partial charge in [0.25, 0.3) is 5.56 Å². The van der Waals surface area contributed by atoms with Gasteiger partial charge in [0.05, 0.1) is 0 Å². The Bertz CT molecular complexity index is 749. The van der Waals surface area contributed by atoms with E-state index in [1.165, 1.54) is 10.8 Å². The van der Waals surface area contributed by atoms with E-state index >= 15 is 0 Å². The van der Waals surface area contributed by atoms with Crippen LogP contribution < -0.4 is 16.6 Å². The average molecular weight is 302 g/mol. The van der Waals surface area contributed by atoms with Crippen LogP contribution in [-0.2, 0) is 17.8 Å². The van der Waals surface area contributed by atoms with Gasteiger partial charge in [-0.05, 0) is 31.4 Å². The van der Waals surface area contributed by atoms with Crippen molar-refractivity contribution in [3.8, 4) is 0 Å². The predicted octanol–water partition coefficient (Wildman–Crippen LogP) is -0.0110. The number of pyridine rings is 1. The number of hydrogen-bond donors (Lipinski definition) is 2. The summed E-state index contributed by atoms with van der Waals surface area (Å²) in [5.74, 6) is -0.264. The van der Waals surface area contributed by atoms with Crippen LogP contribution >= 0.6 is 0 Å². The minimum absolute atomic E-state index is 0.108. The Morgan fingerprint density at radius 2 is 2.23 bits per heavy atom. The van der Waals surface area contributed by atoms with Gasteiger partial charge in [-0.3, -0.25) is 24.1 Å². The van der Waals surface area contributed by atoms with Gasteiger partial charge in [0.2, 0.25) is 5.91 Å². The monoisotopic (exact) mass is 302 g/mol. The van der Waals surface area contributed by atoms with E-state index < -0.39 is 11.2 Å². The van der Waals surface area contributed by atoms with Crippen molar-refractivity contribution in [2.75, 3.05) is 6.54 Å². The van der Waals surface area contributed by atoms with E-state index in [0.717, 1.165) is 18.4 Å². The normalized spacial score (nSPS) is 10.4. The third-order valence-electron chi connectivity index (χ3n) is 3.19. The first-order chi connectivity index (χ1) is 10.6. The van der Waals surface area contributed by atoms with Crippen LogP contribution in [0.25, 0.3) is 0 Å². The SMILES string of the molecule is Cc1cn(CC(=O)NCCCc2cccnc2)c(=O)[nH]c1=O. The Hall–Kier alpha value is -2.70. The number of rotatable bonds is 6. The fourth-order valence-corrected chi connectivity index (χ4v) is 2.01. The highest BCUT2D eigenvalue weighted by Crippen LogP contribution is 1.99. The van der Waals surface area contributed by atoms with Crippen molar-refractivity contribution in [3.63, 3.8) is 0 Å².